The fraction of sp³-hybridized carbons (Fsp3) is 0.400. The van der Waals surface area contributed by atoms with Gasteiger partial charge in [-0.1, -0.05) is 12.1 Å². The largest absolute Gasteiger partial charge is 0.496 e. The number of nitrogens with zero attached hydrogens (tertiary/aromatic N) is 2. The number of aliphatic hydroxyl groups excluding tert-OH is 1. The molecule has 0 fully saturated rings. The fourth-order valence-electron chi connectivity index (χ4n) is 2.65. The van der Waals surface area contributed by atoms with Gasteiger partial charge in [-0.25, -0.2) is 4.98 Å². The molecule has 0 aliphatic carbocycles. The van der Waals surface area contributed by atoms with Crippen LogP contribution in [-0.2, 0) is 13.0 Å². The van der Waals surface area contributed by atoms with Crippen LogP contribution in [0, 0.1) is 5.92 Å². The number of benzene rings is 1. The van der Waals surface area contributed by atoms with E-state index in [1.54, 1.807) is 7.11 Å². The van der Waals surface area contributed by atoms with Crippen molar-refractivity contribution in [2.45, 2.75) is 19.4 Å². The number of aryl methyl sites for hydroxylation is 1. The second kappa shape index (κ2) is 5.05. The van der Waals surface area contributed by atoms with Crippen LogP contribution in [0.5, 0.6) is 5.75 Å². The Morgan fingerprint density at radius 1 is 1.42 bits per heavy atom. The Morgan fingerprint density at radius 2 is 2.26 bits per heavy atom. The van der Waals surface area contributed by atoms with Gasteiger partial charge in [-0.3, -0.25) is 0 Å². The van der Waals surface area contributed by atoms with E-state index in [2.05, 4.69) is 10.8 Å². The molecular formula is C15H18N2O2. The number of imidazole rings is 1. The first-order valence-electron chi connectivity index (χ1n) is 6.62. The zero-order chi connectivity index (χ0) is 13.2. The molecule has 19 heavy (non-hydrogen) atoms. The van der Waals surface area contributed by atoms with Crippen molar-refractivity contribution in [2.75, 3.05) is 13.7 Å². The van der Waals surface area contributed by atoms with Gasteiger partial charge in [-0.05, 0) is 18.6 Å². The molecule has 0 radical (unpaired) electrons. The highest BCUT2D eigenvalue weighted by Crippen LogP contribution is 2.30. The minimum absolute atomic E-state index is 0.252. The molecule has 0 saturated heterocycles. The topological polar surface area (TPSA) is 47.3 Å². The molecule has 2 heterocycles. The predicted octanol–water partition coefficient (Wildman–Crippen LogP) is 2.11. The van der Waals surface area contributed by atoms with Gasteiger partial charge in [0.15, 0.2) is 0 Å². The highest BCUT2D eigenvalue weighted by Gasteiger charge is 2.20. The Balaban J connectivity index is 1.97. The van der Waals surface area contributed by atoms with E-state index in [0.717, 1.165) is 42.2 Å². The van der Waals surface area contributed by atoms with Crippen molar-refractivity contribution >= 4 is 0 Å². The molecule has 3 rings (SSSR count). The van der Waals surface area contributed by atoms with Crippen molar-refractivity contribution in [1.82, 2.24) is 9.55 Å². The van der Waals surface area contributed by atoms with E-state index in [0.29, 0.717) is 5.92 Å². The third kappa shape index (κ3) is 2.24. The Kier molecular flexibility index (Phi) is 3.25. The number of aromatic nitrogens is 2. The number of aliphatic hydroxyl groups is 1. The van der Waals surface area contributed by atoms with Gasteiger partial charge in [0, 0.05) is 37.3 Å². The van der Waals surface area contributed by atoms with E-state index in [1.165, 1.54) is 0 Å². The summed E-state index contributed by atoms with van der Waals surface area (Å²) >= 11 is 0. The lowest BCUT2D eigenvalue weighted by atomic mass is 10.0. The minimum atomic E-state index is 0.252. The van der Waals surface area contributed by atoms with E-state index in [1.807, 2.05) is 24.3 Å². The maximum atomic E-state index is 9.27. The van der Waals surface area contributed by atoms with E-state index < -0.39 is 0 Å². The van der Waals surface area contributed by atoms with Crippen molar-refractivity contribution in [3.8, 4) is 17.0 Å². The number of hydrogen-bond donors (Lipinski definition) is 1. The molecule has 4 nitrogen and oxygen atoms in total. The Morgan fingerprint density at radius 3 is 3.05 bits per heavy atom. The summed E-state index contributed by atoms with van der Waals surface area (Å²) in [7, 11) is 1.68. The number of rotatable bonds is 3. The minimum Gasteiger partial charge on any atom is -0.496 e. The molecule has 0 saturated carbocycles. The monoisotopic (exact) mass is 258 g/mol. The molecule has 1 unspecified atom stereocenters. The maximum Gasteiger partial charge on any atom is 0.128 e. The van der Waals surface area contributed by atoms with Crippen LogP contribution in [0.2, 0.25) is 0 Å². The van der Waals surface area contributed by atoms with Crippen molar-refractivity contribution in [3.05, 3.63) is 36.3 Å². The van der Waals surface area contributed by atoms with E-state index in [9.17, 15) is 5.11 Å². The zero-order valence-corrected chi connectivity index (χ0v) is 11.0. The Hall–Kier alpha value is -1.81. The molecule has 1 aromatic heterocycles. The normalized spacial score (nSPS) is 18.1. The number of methoxy groups -OCH3 is 1. The molecule has 0 spiro atoms. The number of para-hydroxylation sites is 1. The van der Waals surface area contributed by atoms with Crippen LogP contribution >= 0.6 is 0 Å². The van der Waals surface area contributed by atoms with Gasteiger partial charge >= 0.3 is 0 Å². The zero-order valence-electron chi connectivity index (χ0n) is 11.0. The van der Waals surface area contributed by atoms with Gasteiger partial charge in [0.1, 0.15) is 11.6 Å². The van der Waals surface area contributed by atoms with E-state index in [-0.39, 0.29) is 6.61 Å². The number of ether oxygens (including phenoxy) is 1. The lowest BCUT2D eigenvalue weighted by Crippen LogP contribution is -2.22. The van der Waals surface area contributed by atoms with Crippen LogP contribution in [0.3, 0.4) is 0 Å². The van der Waals surface area contributed by atoms with Gasteiger partial charge in [0.25, 0.3) is 0 Å². The van der Waals surface area contributed by atoms with Gasteiger partial charge in [-0.15, -0.1) is 0 Å². The molecule has 1 aliphatic heterocycles. The molecular weight excluding hydrogens is 240 g/mol. The Bertz CT molecular complexity index is 577. The van der Waals surface area contributed by atoms with Crippen LogP contribution in [0.4, 0.5) is 0 Å². The lowest BCUT2D eigenvalue weighted by Gasteiger charge is -2.21. The average molecular weight is 258 g/mol. The average Bonchev–Trinajstić information content (AvgIpc) is 2.89. The first-order valence-corrected chi connectivity index (χ1v) is 6.62. The summed E-state index contributed by atoms with van der Waals surface area (Å²) in [6, 6.07) is 7.92. The molecule has 1 N–H and O–H groups in total. The number of fused-ring (bicyclic) bond motifs is 1. The lowest BCUT2D eigenvalue weighted by molar-refractivity contribution is 0.190. The fourth-order valence-corrected chi connectivity index (χ4v) is 2.65. The molecule has 100 valence electrons. The standard InChI is InChI=1S/C15H18N2O2/c1-19-14-5-3-2-4-12(14)13-9-17-8-11(10-18)6-7-15(17)16-13/h2-5,9,11,18H,6-8,10H2,1H3. The summed E-state index contributed by atoms with van der Waals surface area (Å²) in [5, 5.41) is 9.27. The van der Waals surface area contributed by atoms with Crippen molar-refractivity contribution < 1.29 is 9.84 Å². The van der Waals surface area contributed by atoms with Crippen molar-refractivity contribution in [1.29, 1.82) is 0 Å². The third-order valence-corrected chi connectivity index (χ3v) is 3.73. The second-order valence-electron chi connectivity index (χ2n) is 4.98. The van der Waals surface area contributed by atoms with E-state index >= 15 is 0 Å². The molecule has 2 aromatic rings. The van der Waals surface area contributed by atoms with Gasteiger partial charge in [0.05, 0.1) is 12.8 Å². The molecule has 1 aromatic carbocycles. The van der Waals surface area contributed by atoms with Crippen molar-refractivity contribution in [3.63, 3.8) is 0 Å². The van der Waals surface area contributed by atoms with Crippen molar-refractivity contribution in [2.24, 2.45) is 5.92 Å². The van der Waals surface area contributed by atoms with E-state index in [4.69, 9.17) is 9.72 Å². The summed E-state index contributed by atoms with van der Waals surface area (Å²) in [5.41, 5.74) is 1.97. The highest BCUT2D eigenvalue weighted by atomic mass is 16.5. The third-order valence-electron chi connectivity index (χ3n) is 3.73. The van der Waals surface area contributed by atoms with Gasteiger partial charge in [-0.2, -0.15) is 0 Å². The molecule has 4 heteroatoms. The summed E-state index contributed by atoms with van der Waals surface area (Å²) in [6.45, 7) is 1.11. The van der Waals surface area contributed by atoms with Crippen LogP contribution in [0.25, 0.3) is 11.3 Å². The van der Waals surface area contributed by atoms with Crippen LogP contribution < -0.4 is 4.74 Å². The molecule has 1 aliphatic rings. The molecule has 0 bridgehead atoms. The van der Waals surface area contributed by atoms with Gasteiger partial charge in [0.2, 0.25) is 0 Å². The Labute approximate surface area is 112 Å². The summed E-state index contributed by atoms with van der Waals surface area (Å²) in [6.07, 6.45) is 4.01. The SMILES string of the molecule is COc1ccccc1-c1cn2c(n1)CCC(CO)C2. The summed E-state index contributed by atoms with van der Waals surface area (Å²) in [5.74, 6) is 2.30. The smallest absolute Gasteiger partial charge is 0.128 e. The van der Waals surface area contributed by atoms with Gasteiger partial charge < -0.3 is 14.4 Å². The first kappa shape index (κ1) is 12.2. The maximum absolute atomic E-state index is 9.27. The number of hydrogen-bond acceptors (Lipinski definition) is 3. The van der Waals surface area contributed by atoms with Crippen LogP contribution in [0.15, 0.2) is 30.5 Å². The molecule has 0 amide bonds. The van der Waals surface area contributed by atoms with Crippen LogP contribution in [-0.4, -0.2) is 28.4 Å². The first-order chi connectivity index (χ1) is 9.31. The predicted molar refractivity (Wildman–Crippen MR) is 73.1 cm³/mol. The quantitative estimate of drug-likeness (QED) is 0.917. The summed E-state index contributed by atoms with van der Waals surface area (Å²) < 4.78 is 7.54. The highest BCUT2D eigenvalue weighted by molar-refractivity contribution is 5.66. The second-order valence-corrected chi connectivity index (χ2v) is 4.98. The molecule has 1 atom stereocenters. The summed E-state index contributed by atoms with van der Waals surface area (Å²) in [4.78, 5) is 4.70. The van der Waals surface area contributed by atoms with Crippen LogP contribution in [0.1, 0.15) is 12.2 Å².